The second-order valence-electron chi connectivity index (χ2n) is 7.35. The lowest BCUT2D eigenvalue weighted by Crippen LogP contribution is -2.54. The van der Waals surface area contributed by atoms with E-state index in [1.807, 2.05) is 59.5 Å². The summed E-state index contributed by atoms with van der Waals surface area (Å²) in [5.41, 5.74) is 8.29. The van der Waals surface area contributed by atoms with Crippen molar-refractivity contribution < 1.29 is 14.3 Å². The maximum Gasteiger partial charge on any atom is 0.239 e. The highest BCUT2D eigenvalue weighted by atomic mass is 16.5. The Morgan fingerprint density at radius 3 is 2.17 bits per heavy atom. The zero-order chi connectivity index (χ0) is 20.6. The third-order valence-corrected chi connectivity index (χ3v) is 5.35. The van der Waals surface area contributed by atoms with Crippen molar-refractivity contribution in [2.45, 2.75) is 25.3 Å². The first-order valence-electron chi connectivity index (χ1n) is 10.1. The molecule has 0 aliphatic carbocycles. The Labute approximate surface area is 172 Å². The summed E-state index contributed by atoms with van der Waals surface area (Å²) in [4.78, 5) is 28.8. The SMILES string of the molecule is COc1ccc(CCC(=O)N2CCN(C(=O)[C@@H](N)Cc3ccccc3)CC2)cc1. The molecule has 0 saturated carbocycles. The Kier molecular flexibility index (Phi) is 7.25. The van der Waals surface area contributed by atoms with E-state index in [0.717, 1.165) is 16.9 Å². The van der Waals surface area contributed by atoms with Crippen LogP contribution in [-0.4, -0.2) is 60.9 Å². The van der Waals surface area contributed by atoms with Crippen LogP contribution < -0.4 is 10.5 Å². The lowest BCUT2D eigenvalue weighted by atomic mass is 10.1. The molecule has 1 aliphatic rings. The number of amides is 2. The molecule has 2 amide bonds. The highest BCUT2D eigenvalue weighted by Gasteiger charge is 2.27. The molecule has 2 N–H and O–H groups in total. The van der Waals surface area contributed by atoms with Gasteiger partial charge in [-0.3, -0.25) is 9.59 Å². The van der Waals surface area contributed by atoms with Gasteiger partial charge in [0.2, 0.25) is 11.8 Å². The van der Waals surface area contributed by atoms with E-state index in [2.05, 4.69) is 0 Å². The van der Waals surface area contributed by atoms with Crippen molar-refractivity contribution in [1.29, 1.82) is 0 Å². The van der Waals surface area contributed by atoms with Crippen molar-refractivity contribution in [3.63, 3.8) is 0 Å². The largest absolute Gasteiger partial charge is 0.497 e. The molecule has 1 aliphatic heterocycles. The number of nitrogens with two attached hydrogens (primary N) is 1. The van der Waals surface area contributed by atoms with Gasteiger partial charge in [-0.25, -0.2) is 0 Å². The fraction of sp³-hybridized carbons (Fsp3) is 0.391. The lowest BCUT2D eigenvalue weighted by Gasteiger charge is -2.36. The fourth-order valence-electron chi connectivity index (χ4n) is 3.57. The van der Waals surface area contributed by atoms with E-state index in [1.54, 1.807) is 12.0 Å². The first kappa shape index (κ1) is 20.9. The number of methoxy groups -OCH3 is 1. The summed E-state index contributed by atoms with van der Waals surface area (Å²) >= 11 is 0. The molecular weight excluding hydrogens is 366 g/mol. The number of carbonyl (C=O) groups is 2. The summed E-state index contributed by atoms with van der Waals surface area (Å²) in [6, 6.07) is 17.0. The highest BCUT2D eigenvalue weighted by molar-refractivity contribution is 5.82. The van der Waals surface area contributed by atoms with Crippen LogP contribution in [0.3, 0.4) is 0 Å². The number of ether oxygens (including phenoxy) is 1. The minimum atomic E-state index is -0.547. The molecule has 0 aromatic heterocycles. The first-order chi connectivity index (χ1) is 14.1. The third kappa shape index (κ3) is 5.81. The number of carbonyl (C=O) groups excluding carboxylic acids is 2. The molecule has 0 unspecified atom stereocenters. The molecule has 29 heavy (non-hydrogen) atoms. The van der Waals surface area contributed by atoms with Gasteiger partial charge in [0.25, 0.3) is 0 Å². The second-order valence-corrected chi connectivity index (χ2v) is 7.35. The van der Waals surface area contributed by atoms with Crippen molar-refractivity contribution in [2.75, 3.05) is 33.3 Å². The Balaban J connectivity index is 1.42. The van der Waals surface area contributed by atoms with E-state index in [9.17, 15) is 9.59 Å². The molecule has 2 aromatic carbocycles. The maximum atomic E-state index is 12.6. The number of piperazine rings is 1. The molecule has 1 atom stereocenters. The van der Waals surface area contributed by atoms with E-state index in [0.29, 0.717) is 45.4 Å². The molecule has 0 spiro atoms. The maximum absolute atomic E-state index is 12.6. The zero-order valence-electron chi connectivity index (χ0n) is 16.9. The molecular formula is C23H29N3O3. The van der Waals surface area contributed by atoms with Crippen LogP contribution in [0.4, 0.5) is 0 Å². The van der Waals surface area contributed by atoms with Gasteiger partial charge in [0.05, 0.1) is 13.2 Å². The molecule has 6 nitrogen and oxygen atoms in total. The molecule has 1 saturated heterocycles. The Morgan fingerprint density at radius 2 is 1.55 bits per heavy atom. The van der Waals surface area contributed by atoms with Gasteiger partial charge < -0.3 is 20.3 Å². The predicted molar refractivity (Wildman–Crippen MR) is 113 cm³/mol. The number of nitrogens with zero attached hydrogens (tertiary/aromatic N) is 2. The average molecular weight is 396 g/mol. The van der Waals surface area contributed by atoms with Crippen molar-refractivity contribution in [2.24, 2.45) is 5.73 Å². The van der Waals surface area contributed by atoms with Gasteiger partial charge in [-0.15, -0.1) is 0 Å². The Hall–Kier alpha value is -2.86. The van der Waals surface area contributed by atoms with Crippen molar-refractivity contribution in [3.8, 4) is 5.75 Å². The van der Waals surface area contributed by atoms with Crippen LogP contribution >= 0.6 is 0 Å². The van der Waals surface area contributed by atoms with Crippen LogP contribution in [0.1, 0.15) is 17.5 Å². The Morgan fingerprint density at radius 1 is 0.931 bits per heavy atom. The van der Waals surface area contributed by atoms with E-state index < -0.39 is 6.04 Å². The normalized spacial score (nSPS) is 15.1. The van der Waals surface area contributed by atoms with Gasteiger partial charge >= 0.3 is 0 Å². The molecule has 2 aromatic rings. The molecule has 1 fully saturated rings. The smallest absolute Gasteiger partial charge is 0.239 e. The number of hydrogen-bond acceptors (Lipinski definition) is 4. The van der Waals surface area contributed by atoms with E-state index in [-0.39, 0.29) is 11.8 Å². The van der Waals surface area contributed by atoms with Gasteiger partial charge in [0.1, 0.15) is 5.75 Å². The number of rotatable bonds is 7. The third-order valence-electron chi connectivity index (χ3n) is 5.35. The molecule has 1 heterocycles. The van der Waals surface area contributed by atoms with Crippen LogP contribution in [-0.2, 0) is 22.4 Å². The fourth-order valence-corrected chi connectivity index (χ4v) is 3.57. The van der Waals surface area contributed by atoms with Gasteiger partial charge in [0, 0.05) is 32.6 Å². The molecule has 0 radical (unpaired) electrons. The van der Waals surface area contributed by atoms with E-state index in [1.165, 1.54) is 0 Å². The quantitative estimate of drug-likeness (QED) is 0.777. The summed E-state index contributed by atoms with van der Waals surface area (Å²) in [6.07, 6.45) is 1.69. The highest BCUT2D eigenvalue weighted by Crippen LogP contribution is 2.14. The van der Waals surface area contributed by atoms with E-state index >= 15 is 0 Å². The number of aryl methyl sites for hydroxylation is 1. The zero-order valence-corrected chi connectivity index (χ0v) is 16.9. The molecule has 0 bridgehead atoms. The standard InChI is InChI=1S/C23H29N3O3/c1-29-20-10-7-18(8-11-20)9-12-22(27)25-13-15-26(16-14-25)23(28)21(24)17-19-5-3-2-4-6-19/h2-8,10-11,21H,9,12-17,24H2,1H3/t21-/m0/s1. The minimum absolute atomic E-state index is 0.0424. The summed E-state index contributed by atoms with van der Waals surface area (Å²) in [5.74, 6) is 0.895. The van der Waals surface area contributed by atoms with Crippen LogP contribution in [0.5, 0.6) is 5.75 Å². The molecule has 6 heteroatoms. The number of hydrogen-bond donors (Lipinski definition) is 1. The summed E-state index contributed by atoms with van der Waals surface area (Å²) in [6.45, 7) is 2.20. The van der Waals surface area contributed by atoms with Crippen molar-refractivity contribution in [1.82, 2.24) is 9.80 Å². The number of benzene rings is 2. The van der Waals surface area contributed by atoms with Gasteiger partial charge in [-0.1, -0.05) is 42.5 Å². The van der Waals surface area contributed by atoms with E-state index in [4.69, 9.17) is 10.5 Å². The van der Waals surface area contributed by atoms with Gasteiger partial charge in [-0.2, -0.15) is 0 Å². The second kappa shape index (κ2) is 10.1. The monoisotopic (exact) mass is 395 g/mol. The van der Waals surface area contributed by atoms with Crippen molar-refractivity contribution >= 4 is 11.8 Å². The average Bonchev–Trinajstić information content (AvgIpc) is 2.78. The summed E-state index contributed by atoms with van der Waals surface area (Å²) < 4.78 is 5.15. The lowest BCUT2D eigenvalue weighted by molar-refractivity contribution is -0.140. The van der Waals surface area contributed by atoms with Gasteiger partial charge in [0.15, 0.2) is 0 Å². The Bertz CT molecular complexity index is 800. The van der Waals surface area contributed by atoms with Crippen LogP contribution in [0, 0.1) is 0 Å². The summed E-state index contributed by atoms with van der Waals surface area (Å²) in [5, 5.41) is 0. The summed E-state index contributed by atoms with van der Waals surface area (Å²) in [7, 11) is 1.64. The topological polar surface area (TPSA) is 75.9 Å². The van der Waals surface area contributed by atoms with Crippen LogP contribution in [0.15, 0.2) is 54.6 Å². The minimum Gasteiger partial charge on any atom is -0.497 e. The predicted octanol–water partition coefficient (Wildman–Crippen LogP) is 1.87. The van der Waals surface area contributed by atoms with Crippen LogP contribution in [0.2, 0.25) is 0 Å². The molecule has 3 rings (SSSR count). The van der Waals surface area contributed by atoms with Crippen molar-refractivity contribution in [3.05, 3.63) is 65.7 Å². The molecule has 154 valence electrons. The first-order valence-corrected chi connectivity index (χ1v) is 10.1. The van der Waals surface area contributed by atoms with Crippen LogP contribution in [0.25, 0.3) is 0 Å². The van der Waals surface area contributed by atoms with Gasteiger partial charge in [-0.05, 0) is 36.1 Å².